The number of thiazole rings is 1. The molecule has 0 spiro atoms. The molecule has 0 radical (unpaired) electrons. The van der Waals surface area contributed by atoms with E-state index in [0.717, 1.165) is 22.5 Å². The van der Waals surface area contributed by atoms with Crippen molar-refractivity contribution < 1.29 is 9.59 Å². The Balaban J connectivity index is 1.44. The molecule has 2 N–H and O–H groups in total. The molecule has 0 atom stereocenters. The summed E-state index contributed by atoms with van der Waals surface area (Å²) in [6.07, 6.45) is 5.18. The summed E-state index contributed by atoms with van der Waals surface area (Å²) in [6, 6.07) is 11.0. The summed E-state index contributed by atoms with van der Waals surface area (Å²) >= 11 is 1.36. The van der Waals surface area contributed by atoms with E-state index >= 15 is 0 Å². The van der Waals surface area contributed by atoms with Gasteiger partial charge in [-0.2, -0.15) is 0 Å². The van der Waals surface area contributed by atoms with Crippen molar-refractivity contribution in [3.8, 4) is 11.3 Å². The molecule has 0 aliphatic rings. The lowest BCUT2D eigenvalue weighted by Gasteiger charge is -2.17. The van der Waals surface area contributed by atoms with E-state index in [9.17, 15) is 9.59 Å². The maximum atomic E-state index is 12.5. The number of nitrogens with zero attached hydrogens (tertiary/aromatic N) is 3. The minimum absolute atomic E-state index is 0.0389. The number of benzene rings is 1. The van der Waals surface area contributed by atoms with Crippen LogP contribution in [0.1, 0.15) is 31.1 Å². The first-order valence-corrected chi connectivity index (χ1v) is 10.3. The van der Waals surface area contributed by atoms with Gasteiger partial charge in [0.15, 0.2) is 5.13 Å². The van der Waals surface area contributed by atoms with Crippen LogP contribution in [-0.4, -0.2) is 26.2 Å². The highest BCUT2D eigenvalue weighted by Gasteiger charge is 2.21. The first-order chi connectivity index (χ1) is 14.3. The molecule has 7 nitrogen and oxygen atoms in total. The molecule has 8 heteroatoms. The van der Waals surface area contributed by atoms with E-state index in [0.29, 0.717) is 10.7 Å². The van der Waals surface area contributed by atoms with Crippen molar-refractivity contribution in [2.45, 2.75) is 20.8 Å². The Hall–Kier alpha value is -3.52. The Morgan fingerprint density at radius 2 is 1.83 bits per heavy atom. The van der Waals surface area contributed by atoms with Gasteiger partial charge in [-0.25, -0.2) is 9.97 Å². The molecule has 4 aromatic rings. The van der Waals surface area contributed by atoms with Gasteiger partial charge in [-0.05, 0) is 24.3 Å². The second-order valence-corrected chi connectivity index (χ2v) is 8.77. The fraction of sp³-hybridized carbons (Fsp3) is 0.182. The molecule has 3 aromatic heterocycles. The van der Waals surface area contributed by atoms with E-state index in [1.54, 1.807) is 30.9 Å². The lowest BCUT2D eigenvalue weighted by Crippen LogP contribution is -2.27. The van der Waals surface area contributed by atoms with Crippen molar-refractivity contribution in [3.05, 3.63) is 66.1 Å². The minimum atomic E-state index is -0.455. The van der Waals surface area contributed by atoms with Crippen LogP contribution >= 0.6 is 11.3 Å². The molecule has 2 amide bonds. The summed E-state index contributed by atoms with van der Waals surface area (Å²) in [5, 5.41) is 8.15. The van der Waals surface area contributed by atoms with Gasteiger partial charge in [0.2, 0.25) is 5.91 Å². The van der Waals surface area contributed by atoms with Crippen LogP contribution in [-0.2, 0) is 4.79 Å². The smallest absolute Gasteiger partial charge is 0.257 e. The Kier molecular flexibility index (Phi) is 5.09. The zero-order valence-corrected chi connectivity index (χ0v) is 17.7. The monoisotopic (exact) mass is 419 g/mol. The normalized spacial score (nSPS) is 11.4. The Bertz CT molecular complexity index is 1220. The number of amides is 2. The molecule has 0 saturated heterocycles. The molecule has 0 aliphatic carbocycles. The van der Waals surface area contributed by atoms with Crippen molar-refractivity contribution in [1.82, 2.24) is 14.4 Å². The Morgan fingerprint density at radius 3 is 2.57 bits per heavy atom. The maximum absolute atomic E-state index is 12.5. The zero-order valence-electron chi connectivity index (χ0n) is 16.8. The van der Waals surface area contributed by atoms with Gasteiger partial charge in [0.25, 0.3) is 5.91 Å². The van der Waals surface area contributed by atoms with E-state index in [1.165, 1.54) is 11.3 Å². The molecule has 152 valence electrons. The number of hydrogen-bond acceptors (Lipinski definition) is 5. The highest BCUT2D eigenvalue weighted by Crippen LogP contribution is 2.27. The second kappa shape index (κ2) is 7.72. The summed E-state index contributed by atoms with van der Waals surface area (Å²) in [7, 11) is 0. The van der Waals surface area contributed by atoms with Crippen molar-refractivity contribution in [1.29, 1.82) is 0 Å². The summed E-state index contributed by atoms with van der Waals surface area (Å²) in [5.41, 5.74) is 3.33. The topological polar surface area (TPSA) is 88.4 Å². The minimum Gasteiger partial charge on any atom is -0.326 e. The number of carbonyl (C=O) groups excluding carboxylic acids is 2. The lowest BCUT2D eigenvalue weighted by atomic mass is 9.95. The first-order valence-electron chi connectivity index (χ1n) is 9.40. The number of pyridine rings is 1. The van der Waals surface area contributed by atoms with Crippen LogP contribution in [0.3, 0.4) is 0 Å². The first kappa shape index (κ1) is 19.8. The van der Waals surface area contributed by atoms with Gasteiger partial charge in [-0.1, -0.05) is 32.9 Å². The standard InChI is InChI=1S/C22H21N5O2S/c1-22(2,3)20(29)24-16-6-4-14(5-7-16)18-12-30-21(25-18)26-19(28)15-8-9-27-13-23-11-17(27)10-15/h4-13H,1-3H3,(H,24,29)(H,25,26,28). The van der Waals surface area contributed by atoms with E-state index in [4.69, 9.17) is 0 Å². The predicted molar refractivity (Wildman–Crippen MR) is 119 cm³/mol. The van der Waals surface area contributed by atoms with Crippen LogP contribution in [0.4, 0.5) is 10.8 Å². The van der Waals surface area contributed by atoms with Gasteiger partial charge >= 0.3 is 0 Å². The van der Waals surface area contributed by atoms with Crippen molar-refractivity contribution in [2.24, 2.45) is 5.41 Å². The number of hydrogen-bond donors (Lipinski definition) is 2. The quantitative estimate of drug-likeness (QED) is 0.502. The molecule has 30 heavy (non-hydrogen) atoms. The highest BCUT2D eigenvalue weighted by molar-refractivity contribution is 7.14. The molecular formula is C22H21N5O2S. The molecule has 0 saturated carbocycles. The number of imidazole rings is 1. The van der Waals surface area contributed by atoms with Gasteiger partial charge in [-0.15, -0.1) is 11.3 Å². The number of rotatable bonds is 4. The van der Waals surface area contributed by atoms with E-state index in [-0.39, 0.29) is 11.8 Å². The summed E-state index contributed by atoms with van der Waals surface area (Å²) in [6.45, 7) is 5.61. The van der Waals surface area contributed by atoms with Crippen LogP contribution in [0.2, 0.25) is 0 Å². The van der Waals surface area contributed by atoms with Crippen LogP contribution in [0, 0.1) is 5.41 Å². The third kappa shape index (κ3) is 4.23. The van der Waals surface area contributed by atoms with Crippen molar-refractivity contribution in [2.75, 3.05) is 10.6 Å². The number of anilines is 2. The van der Waals surface area contributed by atoms with Crippen molar-refractivity contribution in [3.63, 3.8) is 0 Å². The average Bonchev–Trinajstić information content (AvgIpc) is 3.36. The van der Waals surface area contributed by atoms with Gasteiger partial charge in [0, 0.05) is 33.8 Å². The van der Waals surface area contributed by atoms with E-state index in [1.807, 2.05) is 54.8 Å². The summed E-state index contributed by atoms with van der Waals surface area (Å²) < 4.78 is 1.84. The number of carbonyl (C=O) groups is 2. The molecule has 0 aliphatic heterocycles. The van der Waals surface area contributed by atoms with Crippen LogP contribution in [0.5, 0.6) is 0 Å². The Labute approximate surface area is 177 Å². The average molecular weight is 420 g/mol. The Morgan fingerprint density at radius 1 is 1.07 bits per heavy atom. The van der Waals surface area contributed by atoms with E-state index < -0.39 is 5.41 Å². The maximum Gasteiger partial charge on any atom is 0.257 e. The SMILES string of the molecule is CC(C)(C)C(=O)Nc1ccc(-c2csc(NC(=O)c3ccn4cncc4c3)n2)cc1. The lowest BCUT2D eigenvalue weighted by molar-refractivity contribution is -0.123. The largest absolute Gasteiger partial charge is 0.326 e. The molecule has 0 fully saturated rings. The zero-order chi connectivity index (χ0) is 21.3. The van der Waals surface area contributed by atoms with Crippen LogP contribution < -0.4 is 10.6 Å². The molecule has 0 unspecified atom stereocenters. The van der Waals surface area contributed by atoms with E-state index in [2.05, 4.69) is 20.6 Å². The molecule has 1 aromatic carbocycles. The highest BCUT2D eigenvalue weighted by atomic mass is 32.1. The van der Waals surface area contributed by atoms with Crippen LogP contribution in [0.15, 0.2) is 60.5 Å². The summed E-state index contributed by atoms with van der Waals surface area (Å²) in [4.78, 5) is 33.2. The predicted octanol–water partition coefficient (Wildman–Crippen LogP) is 4.69. The fourth-order valence-electron chi connectivity index (χ4n) is 2.74. The molecule has 4 rings (SSSR count). The molecule has 3 heterocycles. The summed E-state index contributed by atoms with van der Waals surface area (Å²) in [5.74, 6) is -0.261. The molecular weight excluding hydrogens is 398 g/mol. The number of aromatic nitrogens is 3. The third-order valence-corrected chi connectivity index (χ3v) is 5.28. The van der Waals surface area contributed by atoms with Gasteiger partial charge in [0.1, 0.15) is 0 Å². The van der Waals surface area contributed by atoms with Gasteiger partial charge in [0.05, 0.1) is 23.7 Å². The van der Waals surface area contributed by atoms with Crippen LogP contribution in [0.25, 0.3) is 16.8 Å². The van der Waals surface area contributed by atoms with Gasteiger partial charge in [-0.3, -0.25) is 14.9 Å². The second-order valence-electron chi connectivity index (χ2n) is 7.91. The fourth-order valence-corrected chi connectivity index (χ4v) is 3.45. The molecule has 0 bridgehead atoms. The number of fused-ring (bicyclic) bond motifs is 1. The third-order valence-electron chi connectivity index (χ3n) is 4.52. The van der Waals surface area contributed by atoms with Crippen molar-refractivity contribution >= 4 is 39.5 Å². The van der Waals surface area contributed by atoms with Gasteiger partial charge < -0.3 is 9.72 Å². The number of nitrogens with one attached hydrogen (secondary N) is 2.